The Morgan fingerprint density at radius 3 is 2.47 bits per heavy atom. The molecule has 1 unspecified atom stereocenters. The van der Waals surface area contributed by atoms with Gasteiger partial charge in [-0.2, -0.15) is 0 Å². The number of benzene rings is 2. The smallest absolute Gasteiger partial charge is 0.329 e. The lowest BCUT2D eigenvalue weighted by Crippen LogP contribution is -2.36. The van der Waals surface area contributed by atoms with Crippen LogP contribution in [0.4, 0.5) is 0 Å². The molecule has 2 aliphatic rings. The molecule has 11 nitrogen and oxygen atoms in total. The van der Waals surface area contributed by atoms with Crippen LogP contribution < -0.4 is 16.1 Å². The Balaban J connectivity index is 1.19. The van der Waals surface area contributed by atoms with Gasteiger partial charge in [-0.3, -0.25) is 24.6 Å². The average Bonchev–Trinajstić information content (AvgIpc) is 3.80. The molecule has 1 saturated heterocycles. The summed E-state index contributed by atoms with van der Waals surface area (Å²) in [7, 11) is 0. The monoisotopic (exact) mass is 632 g/mol. The van der Waals surface area contributed by atoms with Crippen LogP contribution in [0.15, 0.2) is 66.0 Å². The predicted octanol–water partition coefficient (Wildman–Crippen LogP) is 4.14. The van der Waals surface area contributed by atoms with Gasteiger partial charge in [0.15, 0.2) is 17.4 Å². The van der Waals surface area contributed by atoms with Crippen molar-refractivity contribution >= 4 is 40.7 Å². The number of hydrogen-bond donors (Lipinski definition) is 4. The van der Waals surface area contributed by atoms with Crippen molar-refractivity contribution in [1.82, 2.24) is 16.1 Å². The van der Waals surface area contributed by atoms with E-state index in [1.165, 1.54) is 18.3 Å². The number of Topliss-reactive ketones (excluding diaryl/α,β-unsaturated/α-hetero) is 1. The van der Waals surface area contributed by atoms with Crippen molar-refractivity contribution in [2.45, 2.75) is 44.9 Å². The highest BCUT2D eigenvalue weighted by Gasteiger charge is 2.52. The molecule has 2 amide bonds. The molecule has 3 atom stereocenters. The van der Waals surface area contributed by atoms with Gasteiger partial charge in [0.1, 0.15) is 0 Å². The largest absolute Gasteiger partial charge is 0.349 e. The van der Waals surface area contributed by atoms with Gasteiger partial charge >= 0.3 is 5.97 Å². The summed E-state index contributed by atoms with van der Waals surface area (Å²) in [6.07, 6.45) is 0.822. The van der Waals surface area contributed by atoms with E-state index >= 15 is 0 Å². The van der Waals surface area contributed by atoms with Crippen molar-refractivity contribution in [2.75, 3.05) is 19.8 Å². The molecule has 2 aromatic carbocycles. The molecule has 4 N–H and O–H groups in total. The Kier molecular flexibility index (Phi) is 10.1. The van der Waals surface area contributed by atoms with Crippen molar-refractivity contribution in [3.63, 3.8) is 0 Å². The number of amides is 2. The summed E-state index contributed by atoms with van der Waals surface area (Å²) in [4.78, 5) is 56.1. The van der Waals surface area contributed by atoms with E-state index in [-0.39, 0.29) is 48.4 Å². The molecule has 2 fully saturated rings. The summed E-state index contributed by atoms with van der Waals surface area (Å²) in [5, 5.41) is 15.6. The van der Waals surface area contributed by atoms with Gasteiger partial charge < -0.3 is 24.9 Å². The van der Waals surface area contributed by atoms with E-state index in [2.05, 4.69) is 21.0 Å². The van der Waals surface area contributed by atoms with Crippen LogP contribution in [0.2, 0.25) is 0 Å². The fourth-order valence-electron chi connectivity index (χ4n) is 5.78. The van der Waals surface area contributed by atoms with Crippen LogP contribution in [0.3, 0.4) is 0 Å². The van der Waals surface area contributed by atoms with Crippen LogP contribution >= 0.6 is 11.3 Å². The number of amidine groups is 1. The number of nitrogens with one attached hydrogen (secondary N) is 4. The minimum Gasteiger partial charge on any atom is -0.349 e. The Labute approximate surface area is 265 Å². The summed E-state index contributed by atoms with van der Waals surface area (Å²) >= 11 is 1.36. The minimum atomic E-state index is -0.898. The lowest BCUT2D eigenvalue weighted by atomic mass is 9.90. The molecule has 0 bridgehead atoms. The highest BCUT2D eigenvalue weighted by Crippen LogP contribution is 2.46. The SMILES string of the molecule is CC(=O)ONC(=N)c1csc([C@@H](C)NC(=O)[C@@H]2CC3(CC2CC(=O)CNC(=O)c2cccc(-c4ccccc4)c2)OCCO3)c1. The molecule has 2 heterocycles. The Morgan fingerprint density at radius 2 is 1.73 bits per heavy atom. The van der Waals surface area contributed by atoms with E-state index < -0.39 is 17.7 Å². The Morgan fingerprint density at radius 1 is 1.00 bits per heavy atom. The van der Waals surface area contributed by atoms with E-state index in [1.807, 2.05) is 49.4 Å². The van der Waals surface area contributed by atoms with Gasteiger partial charge in [0.25, 0.3) is 5.91 Å². The highest BCUT2D eigenvalue weighted by atomic mass is 32.1. The van der Waals surface area contributed by atoms with Crippen molar-refractivity contribution in [3.05, 3.63) is 82.0 Å². The maximum atomic E-state index is 13.6. The fraction of sp³-hybridized carbons (Fsp3) is 0.364. The number of carbonyl (C=O) groups is 4. The lowest BCUT2D eigenvalue weighted by Gasteiger charge is -2.21. The van der Waals surface area contributed by atoms with Crippen molar-refractivity contribution in [2.24, 2.45) is 11.8 Å². The molecule has 3 aromatic rings. The molecular weight excluding hydrogens is 596 g/mol. The van der Waals surface area contributed by atoms with Crippen LogP contribution in [0.25, 0.3) is 11.1 Å². The second kappa shape index (κ2) is 14.1. The molecule has 1 aromatic heterocycles. The first-order valence-electron chi connectivity index (χ1n) is 14.8. The van der Waals surface area contributed by atoms with Crippen molar-refractivity contribution in [3.8, 4) is 11.1 Å². The van der Waals surface area contributed by atoms with Gasteiger partial charge in [-0.15, -0.1) is 11.3 Å². The molecular formula is C33H36N4O7S. The minimum absolute atomic E-state index is 0.0749. The number of ether oxygens (including phenoxy) is 2. The summed E-state index contributed by atoms with van der Waals surface area (Å²) in [5.41, 5.74) is 5.16. The average molecular weight is 633 g/mol. The van der Waals surface area contributed by atoms with Gasteiger partial charge in [-0.25, -0.2) is 5.48 Å². The number of carbonyl (C=O) groups excluding carboxylic acids is 4. The van der Waals surface area contributed by atoms with Crippen LogP contribution in [-0.2, 0) is 28.7 Å². The Bertz CT molecular complexity index is 1570. The molecule has 1 aliphatic carbocycles. The highest BCUT2D eigenvalue weighted by molar-refractivity contribution is 7.10. The molecule has 1 saturated carbocycles. The maximum absolute atomic E-state index is 13.6. The van der Waals surface area contributed by atoms with Crippen molar-refractivity contribution in [1.29, 1.82) is 5.41 Å². The molecule has 236 valence electrons. The molecule has 5 rings (SSSR count). The van der Waals surface area contributed by atoms with E-state index in [9.17, 15) is 19.2 Å². The van der Waals surface area contributed by atoms with Crippen LogP contribution in [-0.4, -0.2) is 54.9 Å². The first-order valence-corrected chi connectivity index (χ1v) is 15.6. The second-order valence-corrected chi connectivity index (χ2v) is 12.2. The number of ketones is 1. The van der Waals surface area contributed by atoms with Crippen molar-refractivity contribution < 1.29 is 33.5 Å². The van der Waals surface area contributed by atoms with Crippen LogP contribution in [0.1, 0.15) is 60.0 Å². The molecule has 0 radical (unpaired) electrons. The number of rotatable bonds is 10. The zero-order chi connectivity index (χ0) is 32.0. The molecule has 1 aliphatic heterocycles. The first-order chi connectivity index (χ1) is 21.6. The molecule has 45 heavy (non-hydrogen) atoms. The van der Waals surface area contributed by atoms with Gasteiger partial charge in [-0.05, 0) is 42.2 Å². The van der Waals surface area contributed by atoms with Gasteiger partial charge in [-0.1, -0.05) is 42.5 Å². The van der Waals surface area contributed by atoms with Gasteiger partial charge in [0.2, 0.25) is 5.91 Å². The second-order valence-electron chi connectivity index (χ2n) is 11.3. The predicted molar refractivity (Wildman–Crippen MR) is 167 cm³/mol. The molecule has 1 spiro atoms. The standard InChI is InChI=1S/C33H36N4O7S/c1-20(29-15-26(19-45-29)30(34)37-44-21(2)38)36-32(41)28-17-33(42-11-12-43-33)16-25(28)14-27(39)18-35-31(40)24-10-6-9-23(13-24)22-7-4-3-5-8-22/h3-10,13,15,19-20,25,28H,11-12,14,16-18H2,1-2H3,(H2,34,37)(H,35,40)(H,36,41)/t20-,25?,28-/m1/s1. The third kappa shape index (κ3) is 8.01. The summed E-state index contributed by atoms with van der Waals surface area (Å²) in [6, 6.07) is 18.3. The normalized spacial score (nSPS) is 19.1. The number of hydrogen-bond acceptors (Lipinski definition) is 9. The Hall–Kier alpha value is -4.39. The summed E-state index contributed by atoms with van der Waals surface area (Å²) in [5.74, 6) is -3.15. The van der Waals surface area contributed by atoms with Gasteiger partial charge in [0, 0.05) is 53.5 Å². The van der Waals surface area contributed by atoms with E-state index in [4.69, 9.17) is 14.9 Å². The first kappa shape index (κ1) is 32.0. The zero-order valence-electron chi connectivity index (χ0n) is 25.1. The quantitative estimate of drug-likeness (QED) is 0.148. The third-order valence-electron chi connectivity index (χ3n) is 7.98. The third-order valence-corrected chi connectivity index (χ3v) is 9.10. The lowest BCUT2D eigenvalue weighted by molar-refractivity contribution is -0.156. The van der Waals surface area contributed by atoms with Crippen LogP contribution in [0, 0.1) is 17.2 Å². The van der Waals surface area contributed by atoms with E-state index in [0.717, 1.165) is 16.0 Å². The topological polar surface area (TPSA) is 156 Å². The summed E-state index contributed by atoms with van der Waals surface area (Å²) < 4.78 is 11.8. The summed E-state index contributed by atoms with van der Waals surface area (Å²) in [6.45, 7) is 3.76. The maximum Gasteiger partial charge on any atom is 0.329 e. The number of hydroxylamine groups is 1. The molecule has 12 heteroatoms. The van der Waals surface area contributed by atoms with Gasteiger partial charge in [0.05, 0.1) is 25.8 Å². The van der Waals surface area contributed by atoms with E-state index in [0.29, 0.717) is 37.2 Å². The van der Waals surface area contributed by atoms with Crippen LogP contribution in [0.5, 0.6) is 0 Å². The van der Waals surface area contributed by atoms with E-state index in [1.54, 1.807) is 23.6 Å². The number of thiophene rings is 1. The zero-order valence-corrected chi connectivity index (χ0v) is 25.9. The fourth-order valence-corrected chi connectivity index (χ4v) is 6.69.